The number of aryl methyl sites for hydroxylation is 1. The van der Waals surface area contributed by atoms with Gasteiger partial charge in [-0.1, -0.05) is 41.4 Å². The first kappa shape index (κ1) is 20.1. The van der Waals surface area contributed by atoms with E-state index in [9.17, 15) is 14.0 Å². The number of hydrogen-bond acceptors (Lipinski definition) is 4. The third kappa shape index (κ3) is 3.70. The van der Waals surface area contributed by atoms with Crippen molar-refractivity contribution in [2.75, 3.05) is 0 Å². The zero-order valence-electron chi connectivity index (χ0n) is 15.5. The van der Waals surface area contributed by atoms with E-state index in [-0.39, 0.29) is 28.6 Å². The molecule has 150 valence electrons. The molecule has 3 aromatic rings. The summed E-state index contributed by atoms with van der Waals surface area (Å²) in [4.78, 5) is 25.1. The number of halogens is 3. The van der Waals surface area contributed by atoms with Gasteiger partial charge in [-0.3, -0.25) is 4.79 Å². The van der Waals surface area contributed by atoms with Gasteiger partial charge in [0.05, 0.1) is 11.1 Å². The monoisotopic (exact) mass is 442 g/mol. The first-order valence-electron chi connectivity index (χ1n) is 8.85. The summed E-state index contributed by atoms with van der Waals surface area (Å²) in [6.07, 6.45) is 1.47. The normalized spacial score (nSPS) is 13.9. The van der Waals surface area contributed by atoms with E-state index in [1.165, 1.54) is 42.5 Å². The molecular weight excluding hydrogens is 430 g/mol. The van der Waals surface area contributed by atoms with Crippen molar-refractivity contribution < 1.29 is 23.5 Å². The number of benzene rings is 3. The molecule has 0 aromatic heterocycles. The Morgan fingerprint density at radius 3 is 2.47 bits per heavy atom. The van der Waals surface area contributed by atoms with E-state index in [1.54, 1.807) is 25.1 Å². The molecular formula is C23H13Cl2FO4. The summed E-state index contributed by atoms with van der Waals surface area (Å²) < 4.78 is 24.8. The van der Waals surface area contributed by atoms with Crippen molar-refractivity contribution in [2.45, 2.75) is 6.92 Å². The van der Waals surface area contributed by atoms with Crippen LogP contribution >= 0.6 is 23.2 Å². The lowest BCUT2D eigenvalue weighted by Crippen LogP contribution is -2.10. The van der Waals surface area contributed by atoms with E-state index in [4.69, 9.17) is 32.7 Å². The van der Waals surface area contributed by atoms with Crippen LogP contribution in [-0.2, 0) is 0 Å². The van der Waals surface area contributed by atoms with Gasteiger partial charge in [-0.25, -0.2) is 9.18 Å². The Bertz CT molecular complexity index is 1210. The van der Waals surface area contributed by atoms with E-state index in [0.717, 1.165) is 0 Å². The van der Waals surface area contributed by atoms with Gasteiger partial charge in [0, 0.05) is 21.7 Å². The van der Waals surface area contributed by atoms with Gasteiger partial charge in [0.2, 0.25) is 5.78 Å². The molecule has 4 rings (SSSR count). The Kier molecular flexibility index (Phi) is 5.33. The summed E-state index contributed by atoms with van der Waals surface area (Å²) in [6.45, 7) is 1.69. The van der Waals surface area contributed by atoms with Gasteiger partial charge in [0.15, 0.2) is 5.76 Å². The highest BCUT2D eigenvalue weighted by molar-refractivity contribution is 6.37. The Morgan fingerprint density at radius 1 is 1.07 bits per heavy atom. The smallest absolute Gasteiger partial charge is 0.346 e. The highest BCUT2D eigenvalue weighted by atomic mass is 35.5. The lowest BCUT2D eigenvalue weighted by Gasteiger charge is -2.08. The van der Waals surface area contributed by atoms with Gasteiger partial charge in [-0.2, -0.15) is 0 Å². The topological polar surface area (TPSA) is 52.6 Å². The summed E-state index contributed by atoms with van der Waals surface area (Å²) in [6, 6.07) is 13.4. The van der Waals surface area contributed by atoms with Gasteiger partial charge in [0.1, 0.15) is 17.3 Å². The highest BCUT2D eigenvalue weighted by Crippen LogP contribution is 2.39. The van der Waals surface area contributed by atoms with Crippen LogP contribution in [0.1, 0.15) is 31.8 Å². The van der Waals surface area contributed by atoms with E-state index < -0.39 is 11.8 Å². The van der Waals surface area contributed by atoms with Crippen LogP contribution in [0, 0.1) is 12.7 Å². The molecule has 0 spiro atoms. The standard InChI is InChI=1S/C23H13Cl2FO4/c1-12-9-13(29-23(28)14-5-2-3-8-18(14)26)10-19-21(12)22(27)20(30-19)11-15-16(24)6-4-7-17(15)25/h2-11H,1H3/b20-11-. The third-order valence-corrected chi connectivity index (χ3v) is 5.18. The zero-order valence-corrected chi connectivity index (χ0v) is 17.1. The molecule has 0 N–H and O–H groups in total. The molecule has 1 aliphatic rings. The number of rotatable bonds is 3. The molecule has 0 aliphatic carbocycles. The molecule has 7 heteroatoms. The van der Waals surface area contributed by atoms with Crippen LogP contribution in [-0.4, -0.2) is 11.8 Å². The van der Waals surface area contributed by atoms with Crippen molar-refractivity contribution in [3.8, 4) is 11.5 Å². The molecule has 0 unspecified atom stereocenters. The second kappa shape index (κ2) is 7.94. The Morgan fingerprint density at radius 2 is 1.77 bits per heavy atom. The Hall–Kier alpha value is -3.15. The lowest BCUT2D eigenvalue weighted by molar-refractivity contribution is 0.0729. The second-order valence-electron chi connectivity index (χ2n) is 6.56. The summed E-state index contributed by atoms with van der Waals surface area (Å²) in [5.41, 5.74) is 1.15. The summed E-state index contributed by atoms with van der Waals surface area (Å²) in [5, 5.41) is 0.747. The van der Waals surface area contributed by atoms with E-state index in [1.807, 2.05) is 0 Å². The van der Waals surface area contributed by atoms with Crippen molar-refractivity contribution in [1.29, 1.82) is 0 Å². The van der Waals surface area contributed by atoms with Crippen LogP contribution in [0.15, 0.2) is 60.4 Å². The molecule has 4 nitrogen and oxygen atoms in total. The maximum absolute atomic E-state index is 13.8. The molecule has 0 saturated heterocycles. The fourth-order valence-corrected chi connectivity index (χ4v) is 3.61. The number of Topliss-reactive ketones (excluding diaryl/α,β-unsaturated/α-hetero) is 1. The fourth-order valence-electron chi connectivity index (χ4n) is 3.10. The molecule has 1 aliphatic heterocycles. The number of ketones is 1. The number of allylic oxidation sites excluding steroid dienone is 1. The fraction of sp³-hybridized carbons (Fsp3) is 0.0435. The molecule has 0 bridgehead atoms. The maximum Gasteiger partial charge on any atom is 0.346 e. The molecule has 0 amide bonds. The lowest BCUT2D eigenvalue weighted by atomic mass is 10.0. The van der Waals surface area contributed by atoms with Crippen molar-refractivity contribution in [2.24, 2.45) is 0 Å². The Labute approximate surface area is 181 Å². The van der Waals surface area contributed by atoms with Crippen LogP contribution in [0.5, 0.6) is 11.5 Å². The first-order valence-corrected chi connectivity index (χ1v) is 9.60. The maximum atomic E-state index is 13.8. The van der Waals surface area contributed by atoms with E-state index in [2.05, 4.69) is 0 Å². The van der Waals surface area contributed by atoms with Crippen LogP contribution in [0.25, 0.3) is 6.08 Å². The zero-order chi connectivity index (χ0) is 21.4. The number of esters is 1. The van der Waals surface area contributed by atoms with E-state index in [0.29, 0.717) is 26.7 Å². The van der Waals surface area contributed by atoms with Crippen LogP contribution in [0.2, 0.25) is 10.0 Å². The number of hydrogen-bond donors (Lipinski definition) is 0. The number of fused-ring (bicyclic) bond motifs is 1. The minimum Gasteiger partial charge on any atom is -0.452 e. The second-order valence-corrected chi connectivity index (χ2v) is 7.37. The number of carbonyl (C=O) groups is 2. The molecule has 0 radical (unpaired) electrons. The van der Waals surface area contributed by atoms with Crippen LogP contribution in [0.3, 0.4) is 0 Å². The van der Waals surface area contributed by atoms with Gasteiger partial charge >= 0.3 is 5.97 Å². The summed E-state index contributed by atoms with van der Waals surface area (Å²) >= 11 is 12.3. The van der Waals surface area contributed by atoms with Crippen LogP contribution < -0.4 is 9.47 Å². The van der Waals surface area contributed by atoms with Gasteiger partial charge in [-0.05, 0) is 48.9 Å². The minimum atomic E-state index is -0.851. The largest absolute Gasteiger partial charge is 0.452 e. The quantitative estimate of drug-likeness (QED) is 0.272. The molecule has 0 saturated carbocycles. The Balaban J connectivity index is 1.65. The molecule has 30 heavy (non-hydrogen) atoms. The molecule has 0 fully saturated rings. The molecule has 1 heterocycles. The predicted octanol–water partition coefficient (Wildman–Crippen LogP) is 6.28. The van der Waals surface area contributed by atoms with E-state index >= 15 is 0 Å². The number of carbonyl (C=O) groups excluding carboxylic acids is 2. The SMILES string of the molecule is Cc1cc(OC(=O)c2ccccc2F)cc2c1C(=O)/C(=C/c1c(Cl)cccc1Cl)O2. The predicted molar refractivity (Wildman–Crippen MR) is 112 cm³/mol. The van der Waals surface area contributed by atoms with Crippen molar-refractivity contribution in [3.05, 3.63) is 98.5 Å². The average molecular weight is 443 g/mol. The third-order valence-electron chi connectivity index (χ3n) is 4.52. The minimum absolute atomic E-state index is 0.0423. The van der Waals surface area contributed by atoms with Crippen LogP contribution in [0.4, 0.5) is 4.39 Å². The van der Waals surface area contributed by atoms with Gasteiger partial charge < -0.3 is 9.47 Å². The number of ether oxygens (including phenoxy) is 2. The van der Waals surface area contributed by atoms with Gasteiger partial charge in [-0.15, -0.1) is 0 Å². The van der Waals surface area contributed by atoms with Crippen molar-refractivity contribution >= 4 is 41.0 Å². The summed E-state index contributed by atoms with van der Waals surface area (Å²) in [7, 11) is 0. The van der Waals surface area contributed by atoms with Crippen molar-refractivity contribution in [1.82, 2.24) is 0 Å². The molecule has 0 atom stereocenters. The first-order chi connectivity index (χ1) is 14.3. The molecule has 3 aromatic carbocycles. The highest BCUT2D eigenvalue weighted by Gasteiger charge is 2.31. The van der Waals surface area contributed by atoms with Crippen molar-refractivity contribution in [3.63, 3.8) is 0 Å². The summed E-state index contributed by atoms with van der Waals surface area (Å²) in [5.74, 6) is -1.48. The van der Waals surface area contributed by atoms with Gasteiger partial charge in [0.25, 0.3) is 0 Å². The average Bonchev–Trinajstić information content (AvgIpc) is 3.01.